The molecule has 0 amide bonds. The van der Waals surface area contributed by atoms with Crippen LogP contribution in [0, 0.1) is 0 Å². The van der Waals surface area contributed by atoms with Gasteiger partial charge < -0.3 is 24.1 Å². The van der Waals surface area contributed by atoms with Crippen LogP contribution >= 0.6 is 0 Å². The molecule has 0 aromatic rings. The molecule has 0 aromatic heterocycles. The van der Waals surface area contributed by atoms with Gasteiger partial charge in [0.1, 0.15) is 24.4 Å². The summed E-state index contributed by atoms with van der Waals surface area (Å²) < 4.78 is 20.8. The average molecular weight is 247 g/mol. The molecule has 5 atom stereocenters. The molecule has 0 radical (unpaired) electrons. The summed E-state index contributed by atoms with van der Waals surface area (Å²) in [7, 11) is 4.46. The van der Waals surface area contributed by atoms with Crippen LogP contribution in [-0.2, 0) is 18.9 Å². The first-order chi connectivity index (χ1) is 8.19. The first kappa shape index (κ1) is 14.2. The number of azide groups is 1. The number of aliphatic hydroxyl groups is 1. The van der Waals surface area contributed by atoms with Crippen LogP contribution in [-0.4, -0.2) is 63.7 Å². The van der Waals surface area contributed by atoms with E-state index in [2.05, 4.69) is 10.0 Å². The highest BCUT2D eigenvalue weighted by molar-refractivity contribution is 4.93. The Labute approximate surface area is 99.0 Å². The van der Waals surface area contributed by atoms with Gasteiger partial charge in [-0.25, -0.2) is 0 Å². The summed E-state index contributed by atoms with van der Waals surface area (Å²) in [5, 5.41) is 13.3. The fraction of sp³-hybridized carbons (Fsp3) is 1.00. The SMILES string of the molecule is COC[C@H]1O[C@@H](N=[N+]=[N-])[C@H](O)[C@@H](OC)[C@@H]1OC. The number of ether oxygens (including phenoxy) is 4. The Hall–Kier alpha value is -0.890. The summed E-state index contributed by atoms with van der Waals surface area (Å²) in [5.41, 5.74) is 8.40. The third-order valence-corrected chi connectivity index (χ3v) is 2.67. The van der Waals surface area contributed by atoms with Crippen LogP contribution in [0.4, 0.5) is 0 Å². The van der Waals surface area contributed by atoms with Crippen molar-refractivity contribution in [3.63, 3.8) is 0 Å². The van der Waals surface area contributed by atoms with Crippen molar-refractivity contribution in [1.82, 2.24) is 0 Å². The zero-order chi connectivity index (χ0) is 12.8. The van der Waals surface area contributed by atoms with Crippen LogP contribution in [0.2, 0.25) is 0 Å². The third kappa shape index (κ3) is 3.06. The van der Waals surface area contributed by atoms with E-state index in [0.29, 0.717) is 0 Å². The molecule has 1 fully saturated rings. The number of aliphatic hydroxyl groups excluding tert-OH is 1. The van der Waals surface area contributed by atoms with Crippen LogP contribution < -0.4 is 0 Å². The van der Waals surface area contributed by atoms with Gasteiger partial charge in [0.05, 0.1) is 6.61 Å². The second-order valence-corrected chi connectivity index (χ2v) is 3.62. The van der Waals surface area contributed by atoms with Gasteiger partial charge in [-0.3, -0.25) is 0 Å². The van der Waals surface area contributed by atoms with Gasteiger partial charge in [-0.1, -0.05) is 5.11 Å². The molecule has 1 aliphatic rings. The molecule has 17 heavy (non-hydrogen) atoms. The van der Waals surface area contributed by atoms with E-state index in [9.17, 15) is 5.11 Å². The van der Waals surface area contributed by atoms with Crippen molar-refractivity contribution in [3.05, 3.63) is 10.4 Å². The van der Waals surface area contributed by atoms with Crippen LogP contribution in [0.25, 0.3) is 10.4 Å². The molecular formula is C9H17N3O5. The molecule has 1 saturated heterocycles. The van der Waals surface area contributed by atoms with Crippen LogP contribution in [0.3, 0.4) is 0 Å². The average Bonchev–Trinajstić information content (AvgIpc) is 2.33. The molecule has 8 nitrogen and oxygen atoms in total. The van der Waals surface area contributed by atoms with Crippen molar-refractivity contribution in [3.8, 4) is 0 Å². The maximum Gasteiger partial charge on any atom is 0.165 e. The first-order valence-corrected chi connectivity index (χ1v) is 5.11. The summed E-state index contributed by atoms with van der Waals surface area (Å²) in [5.74, 6) is 0. The molecule has 0 spiro atoms. The minimum atomic E-state index is -1.08. The van der Waals surface area contributed by atoms with E-state index >= 15 is 0 Å². The second kappa shape index (κ2) is 6.75. The van der Waals surface area contributed by atoms with Crippen LogP contribution in [0.15, 0.2) is 5.11 Å². The minimum absolute atomic E-state index is 0.253. The fourth-order valence-electron chi connectivity index (χ4n) is 1.91. The first-order valence-electron chi connectivity index (χ1n) is 5.11. The molecule has 0 unspecified atom stereocenters. The van der Waals surface area contributed by atoms with Gasteiger partial charge in [-0.2, -0.15) is 0 Å². The molecule has 0 aromatic carbocycles. The predicted molar refractivity (Wildman–Crippen MR) is 57.3 cm³/mol. The van der Waals surface area contributed by atoms with Crippen molar-refractivity contribution in [1.29, 1.82) is 0 Å². The number of methoxy groups -OCH3 is 3. The van der Waals surface area contributed by atoms with Crippen molar-refractivity contribution < 1.29 is 24.1 Å². The largest absolute Gasteiger partial charge is 0.387 e. The lowest BCUT2D eigenvalue weighted by atomic mass is 9.98. The Morgan fingerprint density at radius 1 is 1.29 bits per heavy atom. The van der Waals surface area contributed by atoms with E-state index in [1.54, 1.807) is 0 Å². The number of rotatable bonds is 5. The van der Waals surface area contributed by atoms with Gasteiger partial charge in [0, 0.05) is 26.2 Å². The maximum absolute atomic E-state index is 9.91. The second-order valence-electron chi connectivity index (χ2n) is 3.62. The van der Waals surface area contributed by atoms with E-state index in [1.807, 2.05) is 0 Å². The Morgan fingerprint density at radius 2 is 1.94 bits per heavy atom. The number of hydrogen-bond acceptors (Lipinski definition) is 6. The highest BCUT2D eigenvalue weighted by atomic mass is 16.6. The van der Waals surface area contributed by atoms with Crippen molar-refractivity contribution >= 4 is 0 Å². The van der Waals surface area contributed by atoms with Crippen molar-refractivity contribution in [2.45, 2.75) is 30.6 Å². The van der Waals surface area contributed by atoms with E-state index in [1.165, 1.54) is 21.3 Å². The van der Waals surface area contributed by atoms with Gasteiger partial charge in [-0.15, -0.1) is 0 Å². The molecular weight excluding hydrogens is 230 g/mol. The lowest BCUT2D eigenvalue weighted by Gasteiger charge is -2.41. The Kier molecular flexibility index (Phi) is 5.63. The predicted octanol–water partition coefficient (Wildman–Crippen LogP) is 0.0589. The van der Waals surface area contributed by atoms with Gasteiger partial charge in [0.15, 0.2) is 6.23 Å². The summed E-state index contributed by atoms with van der Waals surface area (Å²) in [6.07, 6.45) is -3.66. The Bertz CT molecular complexity index is 284. The van der Waals surface area contributed by atoms with Gasteiger partial charge in [-0.05, 0) is 5.53 Å². The molecule has 1 rings (SSSR count). The maximum atomic E-state index is 9.91. The molecule has 0 aliphatic carbocycles. The van der Waals surface area contributed by atoms with Crippen LogP contribution in [0.1, 0.15) is 0 Å². The van der Waals surface area contributed by atoms with E-state index in [4.69, 9.17) is 24.5 Å². The lowest BCUT2D eigenvalue weighted by molar-refractivity contribution is -0.242. The standard InChI is InChI=1S/C9H17N3O5/c1-14-4-5-7(15-2)8(16-3)6(13)9(17-5)11-12-10/h5-9,13H,4H2,1-3H3/t5-,6-,7-,8-,9-/m1/s1. The summed E-state index contributed by atoms with van der Waals surface area (Å²) >= 11 is 0. The summed E-state index contributed by atoms with van der Waals surface area (Å²) in [4.78, 5) is 2.63. The van der Waals surface area contributed by atoms with E-state index in [-0.39, 0.29) is 6.61 Å². The highest BCUT2D eigenvalue weighted by Gasteiger charge is 2.45. The lowest BCUT2D eigenvalue weighted by Crippen LogP contribution is -2.59. The quantitative estimate of drug-likeness (QED) is 0.420. The topological polar surface area (TPSA) is 106 Å². The molecule has 0 bridgehead atoms. The Morgan fingerprint density at radius 3 is 2.41 bits per heavy atom. The molecule has 98 valence electrons. The summed E-state index contributed by atoms with van der Waals surface area (Å²) in [6, 6.07) is 0. The zero-order valence-electron chi connectivity index (χ0n) is 10.0. The zero-order valence-corrected chi connectivity index (χ0v) is 10.0. The number of nitrogens with zero attached hydrogens (tertiary/aromatic N) is 3. The monoisotopic (exact) mass is 247 g/mol. The van der Waals surface area contributed by atoms with Crippen molar-refractivity contribution in [2.24, 2.45) is 5.11 Å². The normalized spacial score (nSPS) is 37.5. The van der Waals surface area contributed by atoms with Gasteiger partial charge in [0.2, 0.25) is 0 Å². The van der Waals surface area contributed by atoms with E-state index in [0.717, 1.165) is 0 Å². The van der Waals surface area contributed by atoms with Crippen molar-refractivity contribution in [2.75, 3.05) is 27.9 Å². The fourth-order valence-corrected chi connectivity index (χ4v) is 1.91. The van der Waals surface area contributed by atoms with E-state index < -0.39 is 30.6 Å². The highest BCUT2D eigenvalue weighted by Crippen LogP contribution is 2.26. The summed E-state index contributed by atoms with van der Waals surface area (Å²) in [6.45, 7) is 0.253. The van der Waals surface area contributed by atoms with Gasteiger partial charge in [0.25, 0.3) is 0 Å². The van der Waals surface area contributed by atoms with Gasteiger partial charge >= 0.3 is 0 Å². The minimum Gasteiger partial charge on any atom is -0.387 e. The molecule has 1 heterocycles. The molecule has 1 aliphatic heterocycles. The number of hydrogen-bond donors (Lipinski definition) is 1. The Balaban J connectivity index is 2.88. The molecule has 1 N–H and O–H groups in total. The molecule has 0 saturated carbocycles. The smallest absolute Gasteiger partial charge is 0.165 e. The molecule has 8 heteroatoms. The third-order valence-electron chi connectivity index (χ3n) is 2.67. The van der Waals surface area contributed by atoms with Crippen LogP contribution in [0.5, 0.6) is 0 Å².